The molecule has 28 heavy (non-hydrogen) atoms. The molecule has 0 spiro atoms. The molecule has 4 nitrogen and oxygen atoms in total. The molecule has 0 unspecified atom stereocenters. The number of carbonyl (C=O) groups is 1. The van der Waals surface area contributed by atoms with E-state index in [0.717, 1.165) is 12.1 Å². The first-order valence-electron chi connectivity index (χ1n) is 8.41. The Bertz CT molecular complexity index is 973. The number of amides is 1. The molecule has 0 bridgehead atoms. The number of benzene rings is 2. The molecule has 0 atom stereocenters. The van der Waals surface area contributed by atoms with Crippen molar-refractivity contribution in [2.24, 2.45) is 0 Å². The summed E-state index contributed by atoms with van der Waals surface area (Å²) in [6, 6.07) is 15.3. The van der Waals surface area contributed by atoms with Gasteiger partial charge in [0.05, 0.1) is 24.9 Å². The van der Waals surface area contributed by atoms with E-state index in [9.17, 15) is 18.0 Å². The number of carbonyl (C=O) groups excluding carboxylic acids is 1. The second kappa shape index (κ2) is 8.12. The zero-order valence-electron chi connectivity index (χ0n) is 15.0. The quantitative estimate of drug-likeness (QED) is 0.691. The molecule has 0 aliphatic carbocycles. The number of nitrogens with zero attached hydrogens (tertiary/aromatic N) is 1. The molecular weight excluding hydrogens is 369 g/mol. The Morgan fingerprint density at radius 3 is 2.54 bits per heavy atom. The Morgan fingerprint density at radius 1 is 1.04 bits per heavy atom. The molecule has 0 fully saturated rings. The van der Waals surface area contributed by atoms with Crippen molar-refractivity contribution >= 4 is 5.91 Å². The number of ether oxygens (including phenoxy) is 1. The number of halogens is 3. The molecule has 3 aromatic rings. The van der Waals surface area contributed by atoms with Crippen molar-refractivity contribution in [2.75, 3.05) is 7.11 Å². The highest BCUT2D eigenvalue weighted by Gasteiger charge is 2.31. The van der Waals surface area contributed by atoms with Crippen LogP contribution in [0.4, 0.5) is 13.2 Å². The smallest absolute Gasteiger partial charge is 0.416 e. The van der Waals surface area contributed by atoms with Crippen molar-refractivity contribution in [1.29, 1.82) is 0 Å². The maximum absolute atomic E-state index is 13.1. The van der Waals surface area contributed by atoms with Gasteiger partial charge in [0.15, 0.2) is 0 Å². The van der Waals surface area contributed by atoms with E-state index in [0.29, 0.717) is 22.4 Å². The minimum absolute atomic E-state index is 0.0924. The van der Waals surface area contributed by atoms with Gasteiger partial charge in [-0.1, -0.05) is 18.2 Å². The van der Waals surface area contributed by atoms with Gasteiger partial charge in [-0.05, 0) is 53.6 Å². The fraction of sp³-hybridized carbons (Fsp3) is 0.143. The molecule has 1 N–H and O–H groups in total. The Balaban J connectivity index is 1.86. The van der Waals surface area contributed by atoms with Crippen LogP contribution in [0.25, 0.3) is 11.1 Å². The maximum atomic E-state index is 13.1. The summed E-state index contributed by atoms with van der Waals surface area (Å²) < 4.78 is 44.4. The average Bonchev–Trinajstić information content (AvgIpc) is 2.72. The van der Waals surface area contributed by atoms with E-state index in [2.05, 4.69) is 10.3 Å². The molecule has 144 valence electrons. The summed E-state index contributed by atoms with van der Waals surface area (Å²) in [6.45, 7) is 0.251. The number of aromatic nitrogens is 1. The van der Waals surface area contributed by atoms with Gasteiger partial charge >= 0.3 is 6.18 Å². The number of methoxy groups -OCH3 is 1. The topological polar surface area (TPSA) is 51.2 Å². The zero-order valence-corrected chi connectivity index (χ0v) is 15.0. The van der Waals surface area contributed by atoms with Gasteiger partial charge in [0.2, 0.25) is 0 Å². The first-order chi connectivity index (χ1) is 13.4. The highest BCUT2D eigenvalue weighted by molar-refractivity contribution is 5.95. The zero-order chi connectivity index (χ0) is 20.1. The van der Waals surface area contributed by atoms with Crippen molar-refractivity contribution in [3.63, 3.8) is 0 Å². The van der Waals surface area contributed by atoms with E-state index < -0.39 is 11.7 Å². The molecule has 3 rings (SSSR count). The Morgan fingerprint density at radius 2 is 1.86 bits per heavy atom. The summed E-state index contributed by atoms with van der Waals surface area (Å²) in [5, 5.41) is 2.75. The molecule has 1 aromatic heterocycles. The standard InChI is InChI=1S/C21H17F3N2O2/c1-28-19-11-16(10-17(12-19)21(22,23)24)14-5-4-6-15(9-14)20(27)26-13-18-7-2-3-8-25-18/h2-12H,13H2,1H3,(H,26,27). The van der Waals surface area contributed by atoms with Crippen LogP contribution in [0.3, 0.4) is 0 Å². The molecule has 0 aliphatic heterocycles. The number of nitrogens with one attached hydrogen (secondary N) is 1. The fourth-order valence-corrected chi connectivity index (χ4v) is 2.66. The summed E-state index contributed by atoms with van der Waals surface area (Å²) in [5.74, 6) is -0.249. The van der Waals surface area contributed by atoms with Gasteiger partial charge in [-0.3, -0.25) is 9.78 Å². The normalized spacial score (nSPS) is 11.1. The Kier molecular flexibility index (Phi) is 5.63. The van der Waals surface area contributed by atoms with Gasteiger partial charge in [-0.2, -0.15) is 13.2 Å². The van der Waals surface area contributed by atoms with Crippen molar-refractivity contribution in [3.8, 4) is 16.9 Å². The summed E-state index contributed by atoms with van der Waals surface area (Å²) in [7, 11) is 1.31. The summed E-state index contributed by atoms with van der Waals surface area (Å²) in [4.78, 5) is 16.5. The highest BCUT2D eigenvalue weighted by atomic mass is 19.4. The second-order valence-corrected chi connectivity index (χ2v) is 6.03. The van der Waals surface area contributed by atoms with Crippen molar-refractivity contribution in [3.05, 3.63) is 83.7 Å². The van der Waals surface area contributed by atoms with Crippen LogP contribution >= 0.6 is 0 Å². The van der Waals surface area contributed by atoms with E-state index in [4.69, 9.17) is 4.74 Å². The molecule has 2 aromatic carbocycles. The van der Waals surface area contributed by atoms with Gasteiger partial charge in [0.1, 0.15) is 5.75 Å². The van der Waals surface area contributed by atoms with Crippen LogP contribution in [0.15, 0.2) is 66.9 Å². The van der Waals surface area contributed by atoms with Gasteiger partial charge in [0, 0.05) is 11.8 Å². The van der Waals surface area contributed by atoms with Gasteiger partial charge < -0.3 is 10.1 Å². The first kappa shape index (κ1) is 19.4. The minimum Gasteiger partial charge on any atom is -0.497 e. The predicted octanol–water partition coefficient (Wildman–Crippen LogP) is 4.71. The van der Waals surface area contributed by atoms with Crippen molar-refractivity contribution in [2.45, 2.75) is 12.7 Å². The molecule has 0 radical (unpaired) electrons. The molecule has 0 saturated heterocycles. The van der Waals surface area contributed by atoms with Crippen LogP contribution in [0, 0.1) is 0 Å². The monoisotopic (exact) mass is 386 g/mol. The van der Waals surface area contributed by atoms with Crippen LogP contribution < -0.4 is 10.1 Å². The summed E-state index contributed by atoms with van der Waals surface area (Å²) in [6.07, 6.45) is -2.87. The van der Waals surface area contributed by atoms with Crippen molar-refractivity contribution in [1.82, 2.24) is 10.3 Å². The lowest BCUT2D eigenvalue weighted by Crippen LogP contribution is -2.23. The van der Waals surface area contributed by atoms with E-state index in [1.165, 1.54) is 13.2 Å². The predicted molar refractivity (Wildman–Crippen MR) is 98.8 cm³/mol. The molecule has 0 aliphatic rings. The number of hydrogen-bond acceptors (Lipinski definition) is 3. The second-order valence-electron chi connectivity index (χ2n) is 6.03. The summed E-state index contributed by atoms with van der Waals surface area (Å²) in [5.41, 5.74) is 1.02. The molecule has 1 heterocycles. The molecule has 0 saturated carbocycles. The minimum atomic E-state index is -4.50. The maximum Gasteiger partial charge on any atom is 0.416 e. The number of pyridine rings is 1. The molecule has 1 amide bonds. The van der Waals surface area contributed by atoms with E-state index in [-0.39, 0.29) is 18.2 Å². The molecule has 7 heteroatoms. The third kappa shape index (κ3) is 4.68. The Labute approximate surface area is 160 Å². The largest absolute Gasteiger partial charge is 0.497 e. The lowest BCUT2D eigenvalue weighted by atomic mass is 10.00. The van der Waals surface area contributed by atoms with Crippen LogP contribution in [-0.4, -0.2) is 18.0 Å². The lowest BCUT2D eigenvalue weighted by molar-refractivity contribution is -0.137. The molecular formula is C21H17F3N2O2. The van der Waals surface area contributed by atoms with Gasteiger partial charge in [-0.25, -0.2) is 0 Å². The number of alkyl halides is 3. The van der Waals surface area contributed by atoms with Gasteiger partial charge in [-0.15, -0.1) is 0 Å². The van der Waals surface area contributed by atoms with Crippen LogP contribution in [0.2, 0.25) is 0 Å². The SMILES string of the molecule is COc1cc(-c2cccc(C(=O)NCc3ccccn3)c2)cc(C(F)(F)F)c1. The number of rotatable bonds is 5. The van der Waals surface area contributed by atoms with E-state index >= 15 is 0 Å². The highest BCUT2D eigenvalue weighted by Crippen LogP contribution is 2.35. The lowest BCUT2D eigenvalue weighted by Gasteiger charge is -2.12. The van der Waals surface area contributed by atoms with E-state index in [1.54, 1.807) is 42.6 Å². The average molecular weight is 386 g/mol. The van der Waals surface area contributed by atoms with Crippen LogP contribution in [-0.2, 0) is 12.7 Å². The van der Waals surface area contributed by atoms with Crippen LogP contribution in [0.1, 0.15) is 21.6 Å². The first-order valence-corrected chi connectivity index (χ1v) is 8.41. The third-order valence-corrected chi connectivity index (χ3v) is 4.08. The fourth-order valence-electron chi connectivity index (χ4n) is 2.66. The van der Waals surface area contributed by atoms with Gasteiger partial charge in [0.25, 0.3) is 5.91 Å². The third-order valence-electron chi connectivity index (χ3n) is 4.08. The van der Waals surface area contributed by atoms with E-state index in [1.807, 2.05) is 6.07 Å². The van der Waals surface area contributed by atoms with Crippen molar-refractivity contribution < 1.29 is 22.7 Å². The number of hydrogen-bond donors (Lipinski definition) is 1. The Hall–Kier alpha value is -3.35. The van der Waals surface area contributed by atoms with Crippen LogP contribution in [0.5, 0.6) is 5.75 Å². The summed E-state index contributed by atoms with van der Waals surface area (Å²) >= 11 is 0.